The summed E-state index contributed by atoms with van der Waals surface area (Å²) in [5, 5.41) is 3.36. The molecule has 0 saturated carbocycles. The zero-order valence-corrected chi connectivity index (χ0v) is 10.7. The summed E-state index contributed by atoms with van der Waals surface area (Å²) in [5.74, 6) is 3.18. The zero-order chi connectivity index (χ0) is 10.6. The smallest absolute Gasteiger partial charge is 0.0590 e. The average molecular weight is 219 g/mol. The molecule has 0 amide bonds. The van der Waals surface area contributed by atoms with E-state index in [0.717, 1.165) is 32.2 Å². The quantitative estimate of drug-likeness (QED) is 0.570. The van der Waals surface area contributed by atoms with Crippen molar-refractivity contribution in [1.29, 1.82) is 0 Å². The molecule has 2 nitrogen and oxygen atoms in total. The molecule has 0 saturated heterocycles. The Labute approximate surface area is 93.2 Å². The molecule has 0 aromatic heterocycles. The monoisotopic (exact) mass is 219 g/mol. The van der Waals surface area contributed by atoms with Crippen molar-refractivity contribution in [3.8, 4) is 0 Å². The van der Waals surface area contributed by atoms with Gasteiger partial charge in [-0.25, -0.2) is 0 Å². The predicted octanol–water partition coefficient (Wildman–Crippen LogP) is 2.39. The van der Waals surface area contributed by atoms with Crippen LogP contribution in [-0.4, -0.2) is 37.8 Å². The third-order valence-electron chi connectivity index (χ3n) is 1.89. The van der Waals surface area contributed by atoms with Gasteiger partial charge >= 0.3 is 0 Å². The summed E-state index contributed by atoms with van der Waals surface area (Å²) in [6, 6.07) is 0. The number of ether oxygens (including phenoxy) is 1. The van der Waals surface area contributed by atoms with Gasteiger partial charge in [-0.3, -0.25) is 0 Å². The molecule has 0 aromatic carbocycles. The van der Waals surface area contributed by atoms with Gasteiger partial charge in [0.25, 0.3) is 0 Å². The van der Waals surface area contributed by atoms with Crippen LogP contribution in [0, 0.1) is 5.92 Å². The van der Waals surface area contributed by atoms with Crippen LogP contribution in [0.15, 0.2) is 0 Å². The highest BCUT2D eigenvalue weighted by molar-refractivity contribution is 7.99. The van der Waals surface area contributed by atoms with E-state index >= 15 is 0 Å². The molecular formula is C11H25NOS. The number of rotatable bonds is 10. The summed E-state index contributed by atoms with van der Waals surface area (Å²) in [4.78, 5) is 0. The molecule has 86 valence electrons. The van der Waals surface area contributed by atoms with Gasteiger partial charge in [0.1, 0.15) is 0 Å². The highest BCUT2D eigenvalue weighted by Crippen LogP contribution is 1.98. The third-order valence-corrected chi connectivity index (χ3v) is 2.79. The van der Waals surface area contributed by atoms with E-state index in [2.05, 4.69) is 26.1 Å². The molecule has 0 atom stereocenters. The standard InChI is InChI=1S/C11H25NOS/c1-4-14-10-7-12-6-9-13-8-5-11(2)3/h11-12H,4-10H2,1-3H3. The SMILES string of the molecule is CCSCCNCCOCCC(C)C. The van der Waals surface area contributed by atoms with E-state index in [1.165, 1.54) is 17.9 Å². The second-order valence-electron chi connectivity index (χ2n) is 3.74. The Bertz CT molecular complexity index is 109. The van der Waals surface area contributed by atoms with Crippen LogP contribution < -0.4 is 5.32 Å². The first-order valence-corrected chi connectivity index (χ1v) is 6.79. The Morgan fingerprint density at radius 2 is 2.00 bits per heavy atom. The number of hydrogen-bond acceptors (Lipinski definition) is 3. The summed E-state index contributed by atoms with van der Waals surface area (Å²) in [5.41, 5.74) is 0. The van der Waals surface area contributed by atoms with Crippen molar-refractivity contribution >= 4 is 11.8 Å². The maximum atomic E-state index is 5.48. The van der Waals surface area contributed by atoms with Crippen LogP contribution in [0.5, 0.6) is 0 Å². The molecule has 1 N–H and O–H groups in total. The summed E-state index contributed by atoms with van der Waals surface area (Å²) in [6.07, 6.45) is 1.17. The van der Waals surface area contributed by atoms with E-state index in [-0.39, 0.29) is 0 Å². The van der Waals surface area contributed by atoms with Gasteiger partial charge in [-0.05, 0) is 18.1 Å². The van der Waals surface area contributed by atoms with E-state index in [1.807, 2.05) is 11.8 Å². The van der Waals surface area contributed by atoms with Crippen molar-refractivity contribution in [2.75, 3.05) is 37.8 Å². The minimum absolute atomic E-state index is 0.754. The van der Waals surface area contributed by atoms with Gasteiger partial charge in [0.15, 0.2) is 0 Å². The van der Waals surface area contributed by atoms with Crippen molar-refractivity contribution in [2.45, 2.75) is 27.2 Å². The topological polar surface area (TPSA) is 21.3 Å². The lowest BCUT2D eigenvalue weighted by atomic mass is 10.1. The zero-order valence-electron chi connectivity index (χ0n) is 9.84. The van der Waals surface area contributed by atoms with Gasteiger partial charge < -0.3 is 10.1 Å². The van der Waals surface area contributed by atoms with Gasteiger partial charge in [0.2, 0.25) is 0 Å². The lowest BCUT2D eigenvalue weighted by Gasteiger charge is -2.07. The highest BCUT2D eigenvalue weighted by atomic mass is 32.2. The van der Waals surface area contributed by atoms with E-state index < -0.39 is 0 Å². The summed E-state index contributed by atoms with van der Waals surface area (Å²) >= 11 is 1.98. The molecule has 0 heterocycles. The first-order chi connectivity index (χ1) is 6.77. The molecule has 3 heteroatoms. The van der Waals surface area contributed by atoms with Gasteiger partial charge in [-0.15, -0.1) is 0 Å². The molecule has 0 radical (unpaired) electrons. The Balaban J connectivity index is 2.85. The molecule has 0 bridgehead atoms. The van der Waals surface area contributed by atoms with Crippen LogP contribution in [0.4, 0.5) is 0 Å². The van der Waals surface area contributed by atoms with Crippen LogP contribution in [0.25, 0.3) is 0 Å². The van der Waals surface area contributed by atoms with Crippen LogP contribution in [0.3, 0.4) is 0 Å². The molecular weight excluding hydrogens is 194 g/mol. The van der Waals surface area contributed by atoms with Crippen molar-refractivity contribution in [2.24, 2.45) is 5.92 Å². The largest absolute Gasteiger partial charge is 0.380 e. The van der Waals surface area contributed by atoms with Crippen molar-refractivity contribution in [1.82, 2.24) is 5.32 Å². The van der Waals surface area contributed by atoms with E-state index in [4.69, 9.17) is 4.74 Å². The Hall–Kier alpha value is 0.270. The molecule has 14 heavy (non-hydrogen) atoms. The summed E-state index contributed by atoms with van der Waals surface area (Å²) in [7, 11) is 0. The molecule has 0 aliphatic heterocycles. The lowest BCUT2D eigenvalue weighted by Crippen LogP contribution is -2.22. The Morgan fingerprint density at radius 1 is 1.21 bits per heavy atom. The van der Waals surface area contributed by atoms with Crippen LogP contribution >= 0.6 is 11.8 Å². The van der Waals surface area contributed by atoms with E-state index in [9.17, 15) is 0 Å². The number of hydrogen-bond donors (Lipinski definition) is 1. The predicted molar refractivity (Wildman–Crippen MR) is 66.1 cm³/mol. The summed E-state index contributed by atoms with van der Waals surface area (Å²) in [6.45, 7) is 10.5. The van der Waals surface area contributed by atoms with Gasteiger partial charge in [-0.2, -0.15) is 11.8 Å². The second-order valence-corrected chi connectivity index (χ2v) is 5.14. The van der Waals surface area contributed by atoms with Crippen molar-refractivity contribution in [3.05, 3.63) is 0 Å². The number of nitrogens with one attached hydrogen (secondary N) is 1. The molecule has 0 unspecified atom stereocenters. The normalized spacial score (nSPS) is 11.1. The second kappa shape index (κ2) is 11.3. The molecule has 0 fully saturated rings. The summed E-state index contributed by atoms with van der Waals surface area (Å²) < 4.78 is 5.48. The van der Waals surface area contributed by atoms with E-state index in [1.54, 1.807) is 0 Å². The number of thioether (sulfide) groups is 1. The van der Waals surface area contributed by atoms with Crippen LogP contribution in [-0.2, 0) is 4.74 Å². The van der Waals surface area contributed by atoms with Crippen molar-refractivity contribution < 1.29 is 4.74 Å². The third kappa shape index (κ3) is 12.3. The highest BCUT2D eigenvalue weighted by Gasteiger charge is 1.93. The average Bonchev–Trinajstić information content (AvgIpc) is 2.15. The van der Waals surface area contributed by atoms with Gasteiger partial charge in [-0.1, -0.05) is 20.8 Å². The first-order valence-electron chi connectivity index (χ1n) is 5.63. The molecule has 0 spiro atoms. The Kier molecular flexibility index (Phi) is 11.6. The fourth-order valence-corrected chi connectivity index (χ4v) is 1.56. The minimum atomic E-state index is 0.754. The minimum Gasteiger partial charge on any atom is -0.380 e. The van der Waals surface area contributed by atoms with Gasteiger partial charge in [0.05, 0.1) is 6.61 Å². The van der Waals surface area contributed by atoms with E-state index in [0.29, 0.717) is 0 Å². The van der Waals surface area contributed by atoms with Crippen LogP contribution in [0.2, 0.25) is 0 Å². The first kappa shape index (κ1) is 14.3. The fourth-order valence-electron chi connectivity index (χ4n) is 0.979. The van der Waals surface area contributed by atoms with Crippen molar-refractivity contribution in [3.63, 3.8) is 0 Å². The van der Waals surface area contributed by atoms with Gasteiger partial charge in [0, 0.05) is 25.4 Å². The Morgan fingerprint density at radius 3 is 2.64 bits per heavy atom. The molecule has 0 aliphatic carbocycles. The molecule has 0 aromatic rings. The molecule has 0 rings (SSSR count). The fraction of sp³-hybridized carbons (Fsp3) is 1.00. The molecule has 0 aliphatic rings. The lowest BCUT2D eigenvalue weighted by molar-refractivity contribution is 0.126. The maximum absolute atomic E-state index is 5.48. The van der Waals surface area contributed by atoms with Crippen LogP contribution in [0.1, 0.15) is 27.2 Å². The maximum Gasteiger partial charge on any atom is 0.0590 e.